The van der Waals surface area contributed by atoms with E-state index in [1.54, 1.807) is 0 Å². The molecule has 1 heterocycles. The number of aliphatic hydroxyl groups is 1. The highest BCUT2D eigenvalue weighted by Gasteiger charge is 2.22. The minimum absolute atomic E-state index is 0.272. The molecule has 1 aliphatic heterocycles. The quantitative estimate of drug-likeness (QED) is 0.539. The number of hydrogen-bond acceptors (Lipinski definition) is 2. The van der Waals surface area contributed by atoms with Gasteiger partial charge in [-0.05, 0) is 18.9 Å². The molecular formula is C8H15NO. The number of rotatable bonds is 1. The monoisotopic (exact) mass is 141 g/mol. The third-order valence-electron chi connectivity index (χ3n) is 2.26. The maximum absolute atomic E-state index is 9.11. The number of hydrogen-bond donors (Lipinski definition) is 2. The van der Waals surface area contributed by atoms with Crippen molar-refractivity contribution in [3.8, 4) is 0 Å². The van der Waals surface area contributed by atoms with Crippen molar-refractivity contribution < 1.29 is 5.11 Å². The second kappa shape index (κ2) is 3.06. The zero-order valence-electron chi connectivity index (χ0n) is 6.43. The van der Waals surface area contributed by atoms with Gasteiger partial charge in [0.2, 0.25) is 0 Å². The van der Waals surface area contributed by atoms with Gasteiger partial charge in [-0.3, -0.25) is 0 Å². The first-order valence-corrected chi connectivity index (χ1v) is 3.80. The SMILES string of the molecule is C=C(O)C1CNCCC1C. The van der Waals surface area contributed by atoms with E-state index in [1.165, 1.54) is 0 Å². The number of aliphatic hydroxyl groups excluding tert-OH is 1. The van der Waals surface area contributed by atoms with E-state index < -0.39 is 0 Å². The fourth-order valence-corrected chi connectivity index (χ4v) is 1.44. The van der Waals surface area contributed by atoms with Crippen molar-refractivity contribution in [1.82, 2.24) is 5.32 Å². The molecule has 2 heteroatoms. The Hall–Kier alpha value is -0.500. The van der Waals surface area contributed by atoms with Crippen molar-refractivity contribution in [2.24, 2.45) is 11.8 Å². The summed E-state index contributed by atoms with van der Waals surface area (Å²) in [6.45, 7) is 7.66. The lowest BCUT2D eigenvalue weighted by molar-refractivity contribution is 0.229. The minimum atomic E-state index is 0.272. The summed E-state index contributed by atoms with van der Waals surface area (Å²) in [6.07, 6.45) is 1.14. The molecule has 1 fully saturated rings. The zero-order chi connectivity index (χ0) is 7.56. The summed E-state index contributed by atoms with van der Waals surface area (Å²) >= 11 is 0. The van der Waals surface area contributed by atoms with E-state index in [4.69, 9.17) is 5.11 Å². The van der Waals surface area contributed by atoms with Crippen LogP contribution in [0.4, 0.5) is 0 Å². The molecule has 2 nitrogen and oxygen atoms in total. The van der Waals surface area contributed by atoms with Crippen LogP contribution >= 0.6 is 0 Å². The van der Waals surface area contributed by atoms with E-state index in [9.17, 15) is 0 Å². The van der Waals surface area contributed by atoms with Crippen LogP contribution in [-0.4, -0.2) is 18.2 Å². The molecule has 0 spiro atoms. The Morgan fingerprint density at radius 1 is 1.70 bits per heavy atom. The molecule has 2 atom stereocenters. The molecule has 0 aromatic rings. The van der Waals surface area contributed by atoms with Gasteiger partial charge in [-0.2, -0.15) is 0 Å². The van der Waals surface area contributed by atoms with Crippen LogP contribution in [0.15, 0.2) is 12.3 Å². The highest BCUT2D eigenvalue weighted by Crippen LogP contribution is 2.22. The highest BCUT2D eigenvalue weighted by atomic mass is 16.3. The van der Waals surface area contributed by atoms with E-state index in [1.807, 2.05) is 0 Å². The van der Waals surface area contributed by atoms with Gasteiger partial charge >= 0.3 is 0 Å². The van der Waals surface area contributed by atoms with Gasteiger partial charge in [0.15, 0.2) is 0 Å². The van der Waals surface area contributed by atoms with Gasteiger partial charge in [0.05, 0.1) is 5.76 Å². The van der Waals surface area contributed by atoms with Gasteiger partial charge < -0.3 is 10.4 Å². The summed E-state index contributed by atoms with van der Waals surface area (Å²) in [7, 11) is 0. The normalized spacial score (nSPS) is 33.7. The number of nitrogens with one attached hydrogen (secondary N) is 1. The zero-order valence-corrected chi connectivity index (χ0v) is 6.43. The van der Waals surface area contributed by atoms with Crippen LogP contribution in [0.2, 0.25) is 0 Å². The van der Waals surface area contributed by atoms with E-state index in [2.05, 4.69) is 18.8 Å². The van der Waals surface area contributed by atoms with E-state index in [0.29, 0.717) is 11.7 Å². The summed E-state index contributed by atoms with van der Waals surface area (Å²) in [5.74, 6) is 1.19. The first-order chi connectivity index (χ1) is 4.72. The molecule has 0 aliphatic carbocycles. The van der Waals surface area contributed by atoms with E-state index in [-0.39, 0.29) is 5.92 Å². The van der Waals surface area contributed by atoms with Gasteiger partial charge in [-0.25, -0.2) is 0 Å². The molecule has 10 heavy (non-hydrogen) atoms. The van der Waals surface area contributed by atoms with E-state index >= 15 is 0 Å². The Balaban J connectivity index is 2.47. The van der Waals surface area contributed by atoms with Crippen LogP contribution in [0.1, 0.15) is 13.3 Å². The van der Waals surface area contributed by atoms with Gasteiger partial charge in [-0.15, -0.1) is 0 Å². The molecule has 2 N–H and O–H groups in total. The maximum Gasteiger partial charge on any atom is 0.0897 e. The van der Waals surface area contributed by atoms with Crippen LogP contribution in [0.3, 0.4) is 0 Å². The van der Waals surface area contributed by atoms with Crippen molar-refractivity contribution in [3.05, 3.63) is 12.3 Å². The molecule has 1 rings (SSSR count). The predicted octanol–water partition coefficient (Wildman–Crippen LogP) is 1.30. The largest absolute Gasteiger partial charge is 0.513 e. The summed E-state index contributed by atoms with van der Waals surface area (Å²) in [6, 6.07) is 0. The Labute approximate surface area is 61.9 Å². The summed E-state index contributed by atoms with van der Waals surface area (Å²) in [5.41, 5.74) is 0. The van der Waals surface area contributed by atoms with Crippen molar-refractivity contribution in [3.63, 3.8) is 0 Å². The van der Waals surface area contributed by atoms with Crippen LogP contribution in [0.5, 0.6) is 0 Å². The highest BCUT2D eigenvalue weighted by molar-refractivity contribution is 4.94. The lowest BCUT2D eigenvalue weighted by atomic mass is 9.87. The first kappa shape index (κ1) is 7.61. The molecule has 2 unspecified atom stereocenters. The van der Waals surface area contributed by atoms with Gasteiger partial charge in [-0.1, -0.05) is 13.5 Å². The van der Waals surface area contributed by atoms with E-state index in [0.717, 1.165) is 19.5 Å². The molecule has 0 radical (unpaired) electrons. The smallest absolute Gasteiger partial charge is 0.0897 e. The van der Waals surface area contributed by atoms with Gasteiger partial charge in [0, 0.05) is 12.5 Å². The Morgan fingerprint density at radius 3 is 2.80 bits per heavy atom. The van der Waals surface area contributed by atoms with Crippen LogP contribution in [0, 0.1) is 11.8 Å². The molecule has 0 amide bonds. The van der Waals surface area contributed by atoms with Crippen molar-refractivity contribution in [2.75, 3.05) is 13.1 Å². The lowest BCUT2D eigenvalue weighted by Gasteiger charge is -2.28. The molecule has 0 bridgehead atoms. The number of piperidine rings is 1. The first-order valence-electron chi connectivity index (χ1n) is 3.80. The fraction of sp³-hybridized carbons (Fsp3) is 0.750. The third-order valence-corrected chi connectivity index (χ3v) is 2.26. The Bertz CT molecular complexity index is 133. The second-order valence-electron chi connectivity index (χ2n) is 3.07. The molecule has 58 valence electrons. The third kappa shape index (κ3) is 1.51. The summed E-state index contributed by atoms with van der Waals surface area (Å²) in [5, 5.41) is 12.3. The van der Waals surface area contributed by atoms with Crippen LogP contribution < -0.4 is 5.32 Å². The summed E-state index contributed by atoms with van der Waals surface area (Å²) in [4.78, 5) is 0. The van der Waals surface area contributed by atoms with Crippen molar-refractivity contribution in [1.29, 1.82) is 0 Å². The predicted molar refractivity (Wildman–Crippen MR) is 41.9 cm³/mol. The van der Waals surface area contributed by atoms with Gasteiger partial charge in [0.25, 0.3) is 0 Å². The molecule has 1 aliphatic rings. The minimum Gasteiger partial charge on any atom is -0.513 e. The topological polar surface area (TPSA) is 32.3 Å². The lowest BCUT2D eigenvalue weighted by Crippen LogP contribution is -2.36. The average molecular weight is 141 g/mol. The molecular weight excluding hydrogens is 126 g/mol. The van der Waals surface area contributed by atoms with Gasteiger partial charge in [0.1, 0.15) is 0 Å². The second-order valence-corrected chi connectivity index (χ2v) is 3.07. The van der Waals surface area contributed by atoms with Crippen LogP contribution in [-0.2, 0) is 0 Å². The average Bonchev–Trinajstić information content (AvgIpc) is 1.88. The Morgan fingerprint density at radius 2 is 2.40 bits per heavy atom. The standard InChI is InChI=1S/C8H15NO/c1-6-3-4-9-5-8(6)7(2)10/h6,8-10H,2-5H2,1H3. The van der Waals surface area contributed by atoms with Crippen LogP contribution in [0.25, 0.3) is 0 Å². The maximum atomic E-state index is 9.11. The van der Waals surface area contributed by atoms with Crippen molar-refractivity contribution >= 4 is 0 Å². The molecule has 0 aromatic carbocycles. The molecule has 0 saturated carbocycles. The van der Waals surface area contributed by atoms with Crippen molar-refractivity contribution in [2.45, 2.75) is 13.3 Å². The molecule has 1 saturated heterocycles. The molecule has 0 aromatic heterocycles. The fourth-order valence-electron chi connectivity index (χ4n) is 1.44. The summed E-state index contributed by atoms with van der Waals surface area (Å²) < 4.78 is 0. The Kier molecular flexibility index (Phi) is 2.33.